The summed E-state index contributed by atoms with van der Waals surface area (Å²) < 4.78 is 1.92. The van der Waals surface area contributed by atoms with Gasteiger partial charge in [-0.3, -0.25) is 9.20 Å². The van der Waals surface area contributed by atoms with Gasteiger partial charge in [-0.25, -0.2) is 4.98 Å². The van der Waals surface area contributed by atoms with Crippen LogP contribution in [0.5, 0.6) is 0 Å². The van der Waals surface area contributed by atoms with Crippen molar-refractivity contribution in [1.82, 2.24) is 14.4 Å². The van der Waals surface area contributed by atoms with Gasteiger partial charge in [0, 0.05) is 17.5 Å². The molecule has 0 aromatic carbocycles. The predicted molar refractivity (Wildman–Crippen MR) is 70.7 cm³/mol. The van der Waals surface area contributed by atoms with E-state index in [1.165, 1.54) is 0 Å². The molecule has 3 heterocycles. The number of aryl methyl sites for hydroxylation is 1. The molecule has 0 atom stereocenters. The Bertz CT molecular complexity index is 867. The Morgan fingerprint density at radius 3 is 3.05 bits per heavy atom. The number of imidazole rings is 1. The van der Waals surface area contributed by atoms with E-state index in [2.05, 4.69) is 9.97 Å². The highest BCUT2D eigenvalue weighted by molar-refractivity contribution is 5.66. The van der Waals surface area contributed by atoms with Crippen LogP contribution in [0, 0.1) is 18.3 Å². The lowest BCUT2D eigenvalue weighted by Crippen LogP contribution is -2.12. The molecule has 92 valence electrons. The monoisotopic (exact) mass is 250 g/mol. The average Bonchev–Trinajstić information content (AvgIpc) is 2.83. The average molecular weight is 250 g/mol. The Balaban J connectivity index is 2.34. The van der Waals surface area contributed by atoms with Crippen molar-refractivity contribution in [2.45, 2.75) is 6.92 Å². The van der Waals surface area contributed by atoms with Crippen molar-refractivity contribution in [3.05, 3.63) is 58.3 Å². The van der Waals surface area contributed by atoms with Crippen LogP contribution in [0.4, 0.5) is 0 Å². The SMILES string of the molecule is Cc1[nH]c(=O)c(C#N)cc1-c1cnc2ccccn12. The molecule has 0 fully saturated rings. The zero-order valence-corrected chi connectivity index (χ0v) is 10.2. The second-order valence-electron chi connectivity index (χ2n) is 4.23. The molecule has 0 aliphatic carbocycles. The third-order valence-electron chi connectivity index (χ3n) is 3.05. The Kier molecular flexibility index (Phi) is 2.43. The smallest absolute Gasteiger partial charge is 0.266 e. The molecule has 0 bridgehead atoms. The Morgan fingerprint density at radius 1 is 1.42 bits per heavy atom. The molecule has 0 radical (unpaired) electrons. The van der Waals surface area contributed by atoms with Crippen molar-refractivity contribution in [2.24, 2.45) is 0 Å². The molecule has 5 heteroatoms. The lowest BCUT2D eigenvalue weighted by atomic mass is 10.1. The lowest BCUT2D eigenvalue weighted by Gasteiger charge is -2.05. The predicted octanol–water partition coefficient (Wildman–Crippen LogP) is 1.87. The standard InChI is InChI=1S/C14H10N4O/c1-9-11(6-10(7-15)14(19)17-9)12-8-16-13-4-2-3-5-18(12)13/h2-6,8H,1H3,(H,17,19). The Hall–Kier alpha value is -2.87. The first kappa shape index (κ1) is 11.2. The van der Waals surface area contributed by atoms with Crippen molar-refractivity contribution in [2.75, 3.05) is 0 Å². The van der Waals surface area contributed by atoms with E-state index in [4.69, 9.17) is 5.26 Å². The number of aromatic nitrogens is 3. The molecular weight excluding hydrogens is 240 g/mol. The van der Waals surface area contributed by atoms with Crippen LogP contribution in [-0.2, 0) is 0 Å². The zero-order valence-electron chi connectivity index (χ0n) is 10.2. The molecule has 0 amide bonds. The quantitative estimate of drug-likeness (QED) is 0.716. The van der Waals surface area contributed by atoms with Gasteiger partial charge in [-0.1, -0.05) is 6.07 Å². The van der Waals surface area contributed by atoms with Crippen LogP contribution in [0.15, 0.2) is 41.5 Å². The minimum Gasteiger partial charge on any atom is -0.325 e. The third kappa shape index (κ3) is 1.70. The summed E-state index contributed by atoms with van der Waals surface area (Å²) in [6.07, 6.45) is 3.63. The van der Waals surface area contributed by atoms with E-state index in [1.807, 2.05) is 34.9 Å². The summed E-state index contributed by atoms with van der Waals surface area (Å²) in [4.78, 5) is 18.6. The van der Waals surface area contributed by atoms with Crippen LogP contribution in [0.1, 0.15) is 11.3 Å². The first-order valence-corrected chi connectivity index (χ1v) is 5.77. The summed E-state index contributed by atoms with van der Waals surface area (Å²) in [5.74, 6) is 0. The summed E-state index contributed by atoms with van der Waals surface area (Å²) in [6, 6.07) is 9.22. The second-order valence-corrected chi connectivity index (χ2v) is 4.23. The van der Waals surface area contributed by atoms with Gasteiger partial charge >= 0.3 is 0 Å². The van der Waals surface area contributed by atoms with E-state index in [-0.39, 0.29) is 11.1 Å². The fraction of sp³-hybridized carbons (Fsp3) is 0.0714. The van der Waals surface area contributed by atoms with Crippen LogP contribution in [-0.4, -0.2) is 14.4 Å². The molecule has 1 N–H and O–H groups in total. The number of nitrogens with one attached hydrogen (secondary N) is 1. The number of pyridine rings is 2. The molecule has 5 nitrogen and oxygen atoms in total. The second kappa shape index (κ2) is 4.10. The Labute approximate surface area is 108 Å². The minimum absolute atomic E-state index is 0.103. The summed E-state index contributed by atoms with van der Waals surface area (Å²) in [6.45, 7) is 1.81. The van der Waals surface area contributed by atoms with Crippen LogP contribution >= 0.6 is 0 Å². The van der Waals surface area contributed by atoms with Gasteiger partial charge in [0.1, 0.15) is 17.3 Å². The van der Waals surface area contributed by atoms with Crippen molar-refractivity contribution in [3.8, 4) is 17.3 Å². The van der Waals surface area contributed by atoms with E-state index in [0.717, 1.165) is 22.6 Å². The van der Waals surface area contributed by atoms with Gasteiger partial charge in [-0.15, -0.1) is 0 Å². The summed E-state index contributed by atoms with van der Waals surface area (Å²) in [7, 11) is 0. The molecule has 19 heavy (non-hydrogen) atoms. The van der Waals surface area contributed by atoms with Crippen LogP contribution in [0.25, 0.3) is 16.9 Å². The van der Waals surface area contributed by atoms with Gasteiger partial charge < -0.3 is 4.98 Å². The molecule has 0 saturated carbocycles. The number of H-pyrrole nitrogens is 1. The fourth-order valence-corrected chi connectivity index (χ4v) is 2.10. The zero-order chi connectivity index (χ0) is 13.4. The molecule has 0 spiro atoms. The molecule has 0 unspecified atom stereocenters. The van der Waals surface area contributed by atoms with Gasteiger partial charge in [0.15, 0.2) is 0 Å². The molecular formula is C14H10N4O. The number of hydrogen-bond donors (Lipinski definition) is 1. The fourth-order valence-electron chi connectivity index (χ4n) is 2.10. The number of aromatic amines is 1. The van der Waals surface area contributed by atoms with Crippen LogP contribution < -0.4 is 5.56 Å². The van der Waals surface area contributed by atoms with Crippen molar-refractivity contribution >= 4 is 5.65 Å². The number of fused-ring (bicyclic) bond motifs is 1. The number of nitriles is 1. The maximum absolute atomic E-state index is 11.6. The minimum atomic E-state index is -0.363. The first-order valence-electron chi connectivity index (χ1n) is 5.77. The third-order valence-corrected chi connectivity index (χ3v) is 3.05. The highest BCUT2D eigenvalue weighted by atomic mass is 16.1. The molecule has 0 aliphatic heterocycles. The maximum atomic E-state index is 11.6. The van der Waals surface area contributed by atoms with Crippen molar-refractivity contribution < 1.29 is 0 Å². The largest absolute Gasteiger partial charge is 0.325 e. The number of rotatable bonds is 1. The highest BCUT2D eigenvalue weighted by Gasteiger charge is 2.11. The molecule has 3 rings (SSSR count). The first-order chi connectivity index (χ1) is 9.20. The number of hydrogen-bond acceptors (Lipinski definition) is 3. The molecule has 3 aromatic rings. The van der Waals surface area contributed by atoms with Crippen molar-refractivity contribution in [3.63, 3.8) is 0 Å². The lowest BCUT2D eigenvalue weighted by molar-refractivity contribution is 1.11. The molecule has 0 saturated heterocycles. The van der Waals surface area contributed by atoms with Gasteiger partial charge in [0.2, 0.25) is 0 Å². The van der Waals surface area contributed by atoms with Gasteiger partial charge in [-0.05, 0) is 25.1 Å². The van der Waals surface area contributed by atoms with Crippen molar-refractivity contribution in [1.29, 1.82) is 5.26 Å². The van der Waals surface area contributed by atoms with Gasteiger partial charge in [-0.2, -0.15) is 5.26 Å². The maximum Gasteiger partial charge on any atom is 0.266 e. The summed E-state index contributed by atoms with van der Waals surface area (Å²) in [5.41, 5.74) is 2.93. The normalized spacial score (nSPS) is 10.5. The number of nitrogens with zero attached hydrogens (tertiary/aromatic N) is 3. The topological polar surface area (TPSA) is 73.9 Å². The summed E-state index contributed by atoms with van der Waals surface area (Å²) >= 11 is 0. The van der Waals surface area contributed by atoms with Crippen LogP contribution in [0.2, 0.25) is 0 Å². The Morgan fingerprint density at radius 2 is 2.26 bits per heavy atom. The van der Waals surface area contributed by atoms with E-state index >= 15 is 0 Å². The van der Waals surface area contributed by atoms with E-state index in [0.29, 0.717) is 0 Å². The van der Waals surface area contributed by atoms with E-state index in [9.17, 15) is 4.79 Å². The highest BCUT2D eigenvalue weighted by Crippen LogP contribution is 2.22. The van der Waals surface area contributed by atoms with E-state index < -0.39 is 0 Å². The van der Waals surface area contributed by atoms with Gasteiger partial charge in [0.05, 0.1) is 11.9 Å². The molecule has 3 aromatic heterocycles. The van der Waals surface area contributed by atoms with Crippen LogP contribution in [0.3, 0.4) is 0 Å². The summed E-state index contributed by atoms with van der Waals surface area (Å²) in [5, 5.41) is 8.95. The van der Waals surface area contributed by atoms with Gasteiger partial charge in [0.25, 0.3) is 5.56 Å². The molecule has 0 aliphatic rings. The van der Waals surface area contributed by atoms with E-state index in [1.54, 1.807) is 19.2 Å².